The summed E-state index contributed by atoms with van der Waals surface area (Å²) < 4.78 is 10.7. The zero-order valence-corrected chi connectivity index (χ0v) is 14.2. The highest BCUT2D eigenvalue weighted by Crippen LogP contribution is 2.43. The van der Waals surface area contributed by atoms with Gasteiger partial charge < -0.3 is 9.15 Å². The second kappa shape index (κ2) is 6.40. The summed E-state index contributed by atoms with van der Waals surface area (Å²) in [5.41, 5.74) is 0.244. The molecule has 1 aromatic heterocycles. The van der Waals surface area contributed by atoms with Gasteiger partial charge in [0.2, 0.25) is 0 Å². The molecule has 21 heavy (non-hydrogen) atoms. The lowest BCUT2D eigenvalue weighted by Gasteiger charge is -2.33. The van der Waals surface area contributed by atoms with Crippen LogP contribution in [0.25, 0.3) is 0 Å². The summed E-state index contributed by atoms with van der Waals surface area (Å²) in [5, 5.41) is 4.05. The SMILES string of the molecule is COC(=O)C(CSc1nc(C)c(C)o1)(NC(C)C)C1CC1. The number of ether oxygens (including phenoxy) is 1. The molecule has 118 valence electrons. The number of aryl methyl sites for hydroxylation is 2. The van der Waals surface area contributed by atoms with Gasteiger partial charge in [-0.05, 0) is 46.5 Å². The molecule has 5 nitrogen and oxygen atoms in total. The first-order valence-corrected chi connectivity index (χ1v) is 8.30. The summed E-state index contributed by atoms with van der Waals surface area (Å²) in [6.45, 7) is 7.91. The lowest BCUT2D eigenvalue weighted by atomic mass is 9.94. The summed E-state index contributed by atoms with van der Waals surface area (Å²) in [6.07, 6.45) is 2.11. The van der Waals surface area contributed by atoms with E-state index in [1.165, 1.54) is 18.9 Å². The van der Waals surface area contributed by atoms with Crippen molar-refractivity contribution in [3.8, 4) is 0 Å². The van der Waals surface area contributed by atoms with Crippen LogP contribution in [0.15, 0.2) is 9.64 Å². The normalized spacial score (nSPS) is 17.8. The molecule has 1 unspecified atom stereocenters. The van der Waals surface area contributed by atoms with Crippen molar-refractivity contribution < 1.29 is 13.9 Å². The van der Waals surface area contributed by atoms with Gasteiger partial charge >= 0.3 is 5.97 Å². The van der Waals surface area contributed by atoms with E-state index < -0.39 is 5.54 Å². The van der Waals surface area contributed by atoms with Crippen LogP contribution in [0.5, 0.6) is 0 Å². The summed E-state index contributed by atoms with van der Waals surface area (Å²) >= 11 is 1.48. The van der Waals surface area contributed by atoms with E-state index >= 15 is 0 Å². The van der Waals surface area contributed by atoms with Crippen molar-refractivity contribution in [2.75, 3.05) is 12.9 Å². The number of hydrogen-bond donors (Lipinski definition) is 1. The molecule has 1 aliphatic carbocycles. The predicted molar refractivity (Wildman–Crippen MR) is 82.4 cm³/mol. The first-order valence-electron chi connectivity index (χ1n) is 7.32. The number of hydrogen-bond acceptors (Lipinski definition) is 6. The van der Waals surface area contributed by atoms with Crippen molar-refractivity contribution >= 4 is 17.7 Å². The van der Waals surface area contributed by atoms with Crippen LogP contribution in [0.3, 0.4) is 0 Å². The van der Waals surface area contributed by atoms with Crippen LogP contribution in [0.1, 0.15) is 38.1 Å². The molecule has 1 N–H and O–H groups in total. The molecule has 1 aromatic rings. The van der Waals surface area contributed by atoms with Gasteiger partial charge in [0, 0.05) is 11.8 Å². The first-order chi connectivity index (χ1) is 9.89. The van der Waals surface area contributed by atoms with Crippen molar-refractivity contribution in [1.82, 2.24) is 10.3 Å². The molecule has 0 saturated heterocycles. The summed E-state index contributed by atoms with van der Waals surface area (Å²) in [6, 6.07) is 0.207. The third-order valence-electron chi connectivity index (χ3n) is 3.80. The molecule has 0 bridgehead atoms. The van der Waals surface area contributed by atoms with Crippen molar-refractivity contribution in [1.29, 1.82) is 0 Å². The molecule has 0 radical (unpaired) electrons. The summed E-state index contributed by atoms with van der Waals surface area (Å²) in [5.74, 6) is 1.54. The largest absolute Gasteiger partial charge is 0.468 e. The van der Waals surface area contributed by atoms with Crippen LogP contribution in [-0.2, 0) is 9.53 Å². The Bertz CT molecular complexity index is 492. The van der Waals surface area contributed by atoms with Gasteiger partial charge in [0.15, 0.2) is 0 Å². The average molecular weight is 312 g/mol. The smallest absolute Gasteiger partial charge is 0.327 e. The Hall–Kier alpha value is -1.01. The van der Waals surface area contributed by atoms with E-state index in [1.54, 1.807) is 0 Å². The highest BCUT2D eigenvalue weighted by molar-refractivity contribution is 7.99. The standard InChI is InChI=1S/C15H24N2O3S/c1-9(2)17-15(12-6-7-12,13(18)19-5)8-21-14-16-10(3)11(4)20-14/h9,12,17H,6-8H2,1-5H3. The minimum absolute atomic E-state index is 0.189. The topological polar surface area (TPSA) is 64.4 Å². The average Bonchev–Trinajstić information content (AvgIpc) is 3.21. The Labute approximate surface area is 130 Å². The Morgan fingerprint density at radius 2 is 2.19 bits per heavy atom. The van der Waals surface area contributed by atoms with Gasteiger partial charge in [-0.2, -0.15) is 0 Å². The number of oxazole rings is 1. The number of thioether (sulfide) groups is 1. The van der Waals surface area contributed by atoms with Crippen LogP contribution in [0.2, 0.25) is 0 Å². The highest BCUT2D eigenvalue weighted by atomic mass is 32.2. The van der Waals surface area contributed by atoms with Gasteiger partial charge in [0.25, 0.3) is 5.22 Å². The molecule has 1 atom stereocenters. The number of carbonyl (C=O) groups is 1. The summed E-state index contributed by atoms with van der Waals surface area (Å²) in [7, 11) is 1.45. The van der Waals surface area contributed by atoms with Crippen LogP contribution in [0.4, 0.5) is 0 Å². The molecule has 0 aliphatic heterocycles. The molecular weight excluding hydrogens is 288 g/mol. The molecule has 1 aliphatic rings. The zero-order chi connectivity index (χ0) is 15.6. The fraction of sp³-hybridized carbons (Fsp3) is 0.733. The van der Waals surface area contributed by atoms with E-state index in [1.807, 2.05) is 27.7 Å². The van der Waals surface area contributed by atoms with Gasteiger partial charge in [-0.15, -0.1) is 0 Å². The third kappa shape index (κ3) is 3.61. The number of methoxy groups -OCH3 is 1. The minimum Gasteiger partial charge on any atom is -0.468 e. The Morgan fingerprint density at radius 1 is 1.52 bits per heavy atom. The Morgan fingerprint density at radius 3 is 2.62 bits per heavy atom. The van der Waals surface area contributed by atoms with Gasteiger partial charge in [-0.3, -0.25) is 10.1 Å². The molecular formula is C15H24N2O3S. The van der Waals surface area contributed by atoms with E-state index in [4.69, 9.17) is 9.15 Å². The fourth-order valence-electron chi connectivity index (χ4n) is 2.52. The van der Waals surface area contributed by atoms with Gasteiger partial charge in [-0.1, -0.05) is 11.8 Å². The first kappa shape index (κ1) is 16.4. The Balaban J connectivity index is 2.16. The van der Waals surface area contributed by atoms with Crippen LogP contribution in [0, 0.1) is 19.8 Å². The maximum atomic E-state index is 12.4. The number of rotatable bonds is 7. The molecule has 0 aromatic carbocycles. The highest BCUT2D eigenvalue weighted by Gasteiger charge is 2.52. The number of aromatic nitrogens is 1. The number of nitrogens with one attached hydrogen (secondary N) is 1. The van der Waals surface area contributed by atoms with E-state index in [0.717, 1.165) is 24.3 Å². The van der Waals surface area contributed by atoms with E-state index in [2.05, 4.69) is 10.3 Å². The molecule has 1 saturated carbocycles. The molecule has 6 heteroatoms. The molecule has 1 fully saturated rings. The van der Waals surface area contributed by atoms with Crippen molar-refractivity contribution in [3.05, 3.63) is 11.5 Å². The van der Waals surface area contributed by atoms with E-state index in [0.29, 0.717) is 16.9 Å². The van der Waals surface area contributed by atoms with E-state index in [9.17, 15) is 4.79 Å². The molecule has 0 spiro atoms. The number of carbonyl (C=O) groups excluding carboxylic acids is 1. The minimum atomic E-state index is -0.649. The van der Waals surface area contributed by atoms with Crippen LogP contribution >= 0.6 is 11.8 Å². The van der Waals surface area contributed by atoms with Crippen molar-refractivity contribution in [2.45, 2.75) is 57.3 Å². The second-order valence-corrected chi connectivity index (χ2v) is 6.87. The van der Waals surface area contributed by atoms with Crippen molar-refractivity contribution in [2.24, 2.45) is 5.92 Å². The third-order valence-corrected chi connectivity index (χ3v) is 4.82. The van der Waals surface area contributed by atoms with Crippen molar-refractivity contribution in [3.63, 3.8) is 0 Å². The van der Waals surface area contributed by atoms with Crippen LogP contribution in [-0.4, -0.2) is 35.4 Å². The molecule has 2 rings (SSSR count). The second-order valence-electron chi connectivity index (χ2n) is 5.95. The van der Waals surface area contributed by atoms with Crippen LogP contribution < -0.4 is 5.32 Å². The molecule has 0 amide bonds. The zero-order valence-electron chi connectivity index (χ0n) is 13.4. The number of esters is 1. The lowest BCUT2D eigenvalue weighted by molar-refractivity contribution is -0.148. The van der Waals surface area contributed by atoms with E-state index in [-0.39, 0.29) is 12.0 Å². The predicted octanol–water partition coefficient (Wildman–Crippen LogP) is 2.70. The maximum absolute atomic E-state index is 12.4. The quantitative estimate of drug-likeness (QED) is 0.617. The lowest BCUT2D eigenvalue weighted by Crippen LogP contribution is -2.59. The fourth-order valence-corrected chi connectivity index (χ4v) is 3.69. The number of nitrogens with zero attached hydrogens (tertiary/aromatic N) is 1. The summed E-state index contributed by atoms with van der Waals surface area (Å²) in [4.78, 5) is 16.8. The Kier molecular flexibility index (Phi) is 4.99. The monoisotopic (exact) mass is 312 g/mol. The molecule has 1 heterocycles. The van der Waals surface area contributed by atoms with Gasteiger partial charge in [0.1, 0.15) is 11.3 Å². The van der Waals surface area contributed by atoms with Gasteiger partial charge in [-0.25, -0.2) is 4.98 Å². The maximum Gasteiger partial charge on any atom is 0.327 e. The van der Waals surface area contributed by atoms with Gasteiger partial charge in [0.05, 0.1) is 12.8 Å².